The van der Waals surface area contributed by atoms with E-state index >= 15 is 0 Å². The molecule has 10 aromatic carbocycles. The number of aromatic carboxylic acids is 4. The van der Waals surface area contributed by atoms with Crippen LogP contribution in [0.3, 0.4) is 0 Å². The molecule has 17 nitrogen and oxygen atoms in total. The van der Waals surface area contributed by atoms with Crippen molar-refractivity contribution in [1.82, 2.24) is 0 Å². The molecule has 1 atom stereocenters. The normalized spacial score (nSPS) is 10.7. The van der Waals surface area contributed by atoms with Crippen molar-refractivity contribution in [2.75, 3.05) is 40.2 Å². The first kappa shape index (κ1) is 75.6. The molecule has 0 aliphatic carbocycles. The van der Waals surface area contributed by atoms with E-state index in [9.17, 15) is 43.8 Å². The van der Waals surface area contributed by atoms with Crippen LogP contribution in [0.5, 0.6) is 11.5 Å². The monoisotopic (exact) mass is 1360 g/mol. The molecular weight excluding hydrogens is 1280 g/mol. The summed E-state index contributed by atoms with van der Waals surface area (Å²) < 4.78 is 11.6. The van der Waals surface area contributed by atoms with Gasteiger partial charge >= 0.3 is 23.9 Å². The number of thioether (sulfide) groups is 1. The summed E-state index contributed by atoms with van der Waals surface area (Å²) in [4.78, 5) is 82.4. The summed E-state index contributed by atoms with van der Waals surface area (Å²) in [5.74, 6) is -2.48. The van der Waals surface area contributed by atoms with Gasteiger partial charge in [0.25, 0.3) is 5.91 Å². The molecule has 0 saturated heterocycles. The van der Waals surface area contributed by atoms with Gasteiger partial charge in [0, 0.05) is 23.4 Å². The van der Waals surface area contributed by atoms with Crippen LogP contribution < -0.4 is 30.7 Å². The number of carboxylic acids is 4. The highest BCUT2D eigenvalue weighted by Gasteiger charge is 2.18. The fraction of sp³-hybridized carbons (Fsp3) is 0.183. The number of benzene rings is 10. The quantitative estimate of drug-likeness (QED) is 0.0176. The van der Waals surface area contributed by atoms with Crippen LogP contribution in [-0.4, -0.2) is 81.0 Å². The van der Waals surface area contributed by atoms with Crippen LogP contribution in [0.4, 0.5) is 28.4 Å². The third kappa shape index (κ3) is 24.4. The molecule has 0 bridgehead atoms. The van der Waals surface area contributed by atoms with E-state index in [4.69, 9.17) is 19.7 Å². The van der Waals surface area contributed by atoms with E-state index in [1.54, 1.807) is 73.7 Å². The van der Waals surface area contributed by atoms with E-state index < -0.39 is 29.8 Å². The van der Waals surface area contributed by atoms with Crippen molar-refractivity contribution in [2.24, 2.45) is 0 Å². The van der Waals surface area contributed by atoms with Gasteiger partial charge in [0.05, 0.1) is 57.4 Å². The van der Waals surface area contributed by atoms with Crippen LogP contribution in [0.15, 0.2) is 254 Å². The highest BCUT2D eigenvalue weighted by atomic mass is 32.2. The lowest BCUT2D eigenvalue weighted by Gasteiger charge is -2.15. The van der Waals surface area contributed by atoms with Gasteiger partial charge in [-0.15, -0.1) is 11.8 Å². The first-order chi connectivity index (χ1) is 48.3. The summed E-state index contributed by atoms with van der Waals surface area (Å²) in [6.07, 6.45) is 3.42. The molecular formula is C82H82N4O13S. The Morgan fingerprint density at radius 1 is 0.430 bits per heavy atom. The summed E-state index contributed by atoms with van der Waals surface area (Å²) in [7, 11) is 0. The van der Waals surface area contributed by atoms with Gasteiger partial charge in [-0.1, -0.05) is 203 Å². The molecule has 100 heavy (non-hydrogen) atoms. The number of carboxylic acid groups (broad SMARTS) is 4. The molecule has 18 heteroatoms. The number of nitrogens with one attached hydrogen (secondary N) is 4. The van der Waals surface area contributed by atoms with E-state index in [-0.39, 0.29) is 58.5 Å². The fourth-order valence-corrected chi connectivity index (χ4v) is 11.2. The minimum Gasteiger partial charge on any atom is -0.493 e. The van der Waals surface area contributed by atoms with Crippen molar-refractivity contribution in [3.63, 3.8) is 0 Å². The Morgan fingerprint density at radius 3 is 1.47 bits per heavy atom. The highest BCUT2D eigenvalue weighted by Crippen LogP contribution is 2.31. The summed E-state index contributed by atoms with van der Waals surface area (Å²) >= 11 is 1.46. The van der Waals surface area contributed by atoms with Gasteiger partial charge in [0.2, 0.25) is 11.8 Å². The zero-order chi connectivity index (χ0) is 71.8. The van der Waals surface area contributed by atoms with Crippen molar-refractivity contribution < 1.29 is 63.5 Å². The van der Waals surface area contributed by atoms with E-state index in [0.717, 1.165) is 45.9 Å². The summed E-state index contributed by atoms with van der Waals surface area (Å²) in [5.41, 5.74) is 10.6. The Bertz CT molecular complexity index is 4360. The van der Waals surface area contributed by atoms with Crippen molar-refractivity contribution in [3.05, 3.63) is 310 Å². The number of hydrogen-bond acceptors (Lipinski definition) is 11. The van der Waals surface area contributed by atoms with Crippen LogP contribution in [0.25, 0.3) is 0 Å². The van der Waals surface area contributed by atoms with Crippen molar-refractivity contribution >= 4 is 81.8 Å². The third-order valence-electron chi connectivity index (χ3n) is 15.5. The molecule has 0 aliphatic rings. The second kappa shape index (κ2) is 39.5. The molecule has 10 rings (SSSR count). The molecule has 0 aliphatic heterocycles. The predicted octanol–water partition coefficient (Wildman–Crippen LogP) is 18.0. The lowest BCUT2D eigenvalue weighted by atomic mass is 9.98. The van der Waals surface area contributed by atoms with E-state index in [1.165, 1.54) is 52.2 Å². The molecule has 3 amide bonds. The molecule has 0 fully saturated rings. The summed E-state index contributed by atoms with van der Waals surface area (Å²) in [5, 5.41) is 47.9. The molecule has 0 radical (unpaired) electrons. The molecule has 0 heterocycles. The number of carbonyl (C=O) groups excluding carboxylic acids is 3. The number of amides is 3. The van der Waals surface area contributed by atoms with Crippen LogP contribution in [0.2, 0.25) is 0 Å². The van der Waals surface area contributed by atoms with Gasteiger partial charge in [0.15, 0.2) is 6.61 Å². The van der Waals surface area contributed by atoms with Crippen molar-refractivity contribution in [1.29, 1.82) is 0 Å². The molecule has 1 unspecified atom stereocenters. The number of carbonyl (C=O) groups is 7. The smallest absolute Gasteiger partial charge is 0.337 e. The minimum absolute atomic E-state index is 0.0535. The van der Waals surface area contributed by atoms with Gasteiger partial charge in [-0.25, -0.2) is 19.2 Å². The molecule has 10 aromatic rings. The molecule has 0 spiro atoms. The zero-order valence-electron chi connectivity index (χ0n) is 56.4. The fourth-order valence-electron chi connectivity index (χ4n) is 10.2. The number of rotatable bonds is 27. The number of aryl methyl sites for hydroxylation is 1. The SMILES string of the molecule is CC(C)c1ccccc1SCC(=O)Nc1ccccc1C(=O)O.CCC(C)c1ccccc1OCCCC(=O)Nc1ccccc1C(=O)O.Cc1ccc(NC(=O)COc2ccccc2Cc2ccccc2)c(C(=O)O)c1.O=C(O)c1ccccc1Nc1ccc(Cc2ccccc2)cc1. The number of anilines is 5. The van der Waals surface area contributed by atoms with Crippen molar-refractivity contribution in [2.45, 2.75) is 83.5 Å². The van der Waals surface area contributed by atoms with Crippen LogP contribution >= 0.6 is 11.8 Å². The standard InChI is InChI=1S/C23H21NO4.C21H25NO4.C20H17NO2.C18H19NO3S/c1-16-11-12-20(19(13-16)23(26)27)24-22(25)15-28-21-10-6-5-9-18(21)14-17-7-3-2-4-8-17;1-3-15(2)16-9-5-7-12-19(16)26-14-8-13-20(23)22-18-11-6-4-10-17(18)21(24)25;22-20(23)18-8-4-5-9-19(18)21-17-12-10-16(11-13-17)14-15-6-2-1-3-7-15;1-12(2)13-7-4-6-10-16(13)23-11-17(20)19-15-9-5-3-8-14(15)18(21)22/h2-13H,14-15H2,1H3,(H,24,25)(H,26,27);4-7,9-12,15H,3,8,13-14H2,1-2H3,(H,22,23)(H,24,25);1-13,21H,14H2,(H,22,23);3-10,12H,11H2,1-2H3,(H,19,20)(H,21,22). The van der Waals surface area contributed by atoms with Crippen molar-refractivity contribution in [3.8, 4) is 11.5 Å². The topological polar surface area (TPSA) is 267 Å². The summed E-state index contributed by atoms with van der Waals surface area (Å²) in [6, 6.07) is 76.4. The van der Waals surface area contributed by atoms with E-state index in [1.807, 2.05) is 127 Å². The average molecular weight is 1360 g/mol. The van der Waals surface area contributed by atoms with Gasteiger partial charge in [-0.05, 0) is 150 Å². The molecule has 0 saturated carbocycles. The Labute approximate surface area is 587 Å². The van der Waals surface area contributed by atoms with Gasteiger partial charge in [0.1, 0.15) is 11.5 Å². The van der Waals surface area contributed by atoms with Crippen LogP contribution in [-0.2, 0) is 27.2 Å². The maximum atomic E-state index is 12.3. The molecule has 514 valence electrons. The van der Waals surface area contributed by atoms with Crippen LogP contribution in [0.1, 0.15) is 139 Å². The predicted molar refractivity (Wildman–Crippen MR) is 396 cm³/mol. The first-order valence-electron chi connectivity index (χ1n) is 32.5. The van der Waals surface area contributed by atoms with E-state index in [2.05, 4.69) is 85.4 Å². The van der Waals surface area contributed by atoms with Gasteiger partial charge in [-0.3, -0.25) is 14.4 Å². The lowest BCUT2D eigenvalue weighted by Crippen LogP contribution is -2.22. The van der Waals surface area contributed by atoms with E-state index in [0.29, 0.717) is 54.1 Å². The Hall–Kier alpha value is -11.8. The second-order valence-corrected chi connectivity index (χ2v) is 24.4. The maximum absolute atomic E-state index is 12.3. The van der Waals surface area contributed by atoms with Crippen LogP contribution in [0, 0.1) is 6.92 Å². The lowest BCUT2D eigenvalue weighted by molar-refractivity contribution is -0.118. The Balaban J connectivity index is 0.000000188. The Kier molecular flexibility index (Phi) is 29.8. The molecule has 8 N–H and O–H groups in total. The first-order valence-corrected chi connectivity index (χ1v) is 33.5. The van der Waals surface area contributed by atoms with Gasteiger partial charge in [-0.2, -0.15) is 0 Å². The average Bonchev–Trinajstić information content (AvgIpc) is 0.885. The molecule has 0 aromatic heterocycles. The number of para-hydroxylation sites is 5. The Morgan fingerprint density at radius 2 is 0.890 bits per heavy atom. The minimum atomic E-state index is -1.09. The maximum Gasteiger partial charge on any atom is 0.337 e. The number of ether oxygens (including phenoxy) is 2. The second-order valence-electron chi connectivity index (χ2n) is 23.4. The van der Waals surface area contributed by atoms with Gasteiger partial charge < -0.3 is 51.2 Å². The highest BCUT2D eigenvalue weighted by molar-refractivity contribution is 8.00. The third-order valence-corrected chi connectivity index (χ3v) is 16.6. The number of hydrogen-bond donors (Lipinski definition) is 8. The largest absolute Gasteiger partial charge is 0.493 e. The summed E-state index contributed by atoms with van der Waals surface area (Å²) in [6.45, 7) is 10.5. The zero-order valence-corrected chi connectivity index (χ0v) is 57.2.